The summed E-state index contributed by atoms with van der Waals surface area (Å²) in [4.78, 5) is 4.24. The summed E-state index contributed by atoms with van der Waals surface area (Å²) in [6.07, 6.45) is 4.81. The lowest BCUT2D eigenvalue weighted by Gasteiger charge is -2.12. The number of guanidine groups is 1. The van der Waals surface area contributed by atoms with E-state index in [-0.39, 0.29) is 24.0 Å². The quantitative estimate of drug-likeness (QED) is 0.240. The molecule has 8 heteroatoms. The van der Waals surface area contributed by atoms with Crippen molar-refractivity contribution in [3.05, 3.63) is 30.2 Å². The van der Waals surface area contributed by atoms with Gasteiger partial charge in [0.25, 0.3) is 0 Å². The van der Waals surface area contributed by atoms with Gasteiger partial charge >= 0.3 is 0 Å². The Labute approximate surface area is 173 Å². The van der Waals surface area contributed by atoms with Gasteiger partial charge < -0.3 is 15.4 Å². The van der Waals surface area contributed by atoms with E-state index in [0.717, 1.165) is 63.0 Å². The molecule has 0 aromatic carbocycles. The number of aromatic nitrogens is 3. The third kappa shape index (κ3) is 7.86. The van der Waals surface area contributed by atoms with Crippen LogP contribution in [-0.2, 0) is 11.2 Å². The number of nitrogens with zero attached hydrogens (tertiary/aromatic N) is 4. The smallest absolute Gasteiger partial charge is 0.190 e. The molecule has 0 aliphatic carbocycles. The van der Waals surface area contributed by atoms with Crippen LogP contribution in [0.25, 0.3) is 5.65 Å². The Morgan fingerprint density at radius 3 is 2.69 bits per heavy atom. The molecule has 0 fully saturated rings. The first-order chi connectivity index (χ1) is 12.2. The molecule has 0 saturated heterocycles. The summed E-state index contributed by atoms with van der Waals surface area (Å²) in [5.41, 5.74) is 0.891. The minimum absolute atomic E-state index is 0. The third-order valence-electron chi connectivity index (χ3n) is 3.69. The van der Waals surface area contributed by atoms with Crippen LogP contribution in [-0.4, -0.2) is 53.9 Å². The SMILES string of the molecule is CN=C(NCCCOCC(C)C)NCCCc1nnc2ccccn12.I. The van der Waals surface area contributed by atoms with Gasteiger partial charge in [0.2, 0.25) is 0 Å². The fourth-order valence-corrected chi connectivity index (χ4v) is 2.44. The minimum Gasteiger partial charge on any atom is -0.381 e. The lowest BCUT2D eigenvalue weighted by atomic mass is 10.2. The lowest BCUT2D eigenvalue weighted by molar-refractivity contribution is 0.108. The molecule has 2 aromatic rings. The molecule has 146 valence electrons. The molecule has 0 atom stereocenters. The van der Waals surface area contributed by atoms with Crippen LogP contribution in [0.5, 0.6) is 0 Å². The average molecular weight is 474 g/mol. The molecule has 0 aliphatic heterocycles. The van der Waals surface area contributed by atoms with E-state index in [9.17, 15) is 0 Å². The van der Waals surface area contributed by atoms with Crippen LogP contribution in [0.4, 0.5) is 0 Å². The second kappa shape index (κ2) is 12.9. The molecule has 2 rings (SSSR count). The summed E-state index contributed by atoms with van der Waals surface area (Å²) in [5.74, 6) is 2.41. The fourth-order valence-electron chi connectivity index (χ4n) is 2.44. The van der Waals surface area contributed by atoms with E-state index in [1.54, 1.807) is 7.05 Å². The molecule has 26 heavy (non-hydrogen) atoms. The number of nitrogens with one attached hydrogen (secondary N) is 2. The Kier molecular flexibility index (Phi) is 11.2. The van der Waals surface area contributed by atoms with Crippen LogP contribution in [0.2, 0.25) is 0 Å². The van der Waals surface area contributed by atoms with Crippen LogP contribution in [0.15, 0.2) is 29.4 Å². The van der Waals surface area contributed by atoms with Crippen molar-refractivity contribution in [3.63, 3.8) is 0 Å². The van der Waals surface area contributed by atoms with Gasteiger partial charge in [-0.15, -0.1) is 34.2 Å². The van der Waals surface area contributed by atoms with Gasteiger partial charge in [0.1, 0.15) is 5.82 Å². The molecular weight excluding hydrogens is 443 g/mol. The maximum atomic E-state index is 5.57. The van der Waals surface area contributed by atoms with Crippen LogP contribution < -0.4 is 10.6 Å². The van der Waals surface area contributed by atoms with Crippen molar-refractivity contribution in [1.82, 2.24) is 25.2 Å². The predicted molar refractivity (Wildman–Crippen MR) is 116 cm³/mol. The van der Waals surface area contributed by atoms with Gasteiger partial charge in [-0.05, 0) is 30.9 Å². The number of pyridine rings is 1. The lowest BCUT2D eigenvalue weighted by Crippen LogP contribution is -2.38. The van der Waals surface area contributed by atoms with Crippen molar-refractivity contribution in [1.29, 1.82) is 0 Å². The van der Waals surface area contributed by atoms with Crippen LogP contribution in [0.1, 0.15) is 32.5 Å². The number of aliphatic imine (C=N–C) groups is 1. The number of aryl methyl sites for hydroxylation is 1. The standard InChI is InChI=1S/C18H30N6O.HI/c1-15(2)14-25-13-7-11-21-18(19-3)20-10-6-9-17-23-22-16-8-4-5-12-24(16)17;/h4-5,8,12,15H,6-7,9-11,13-14H2,1-3H3,(H2,19,20,21);1H. The zero-order valence-electron chi connectivity index (χ0n) is 15.9. The number of ether oxygens (including phenoxy) is 1. The summed E-state index contributed by atoms with van der Waals surface area (Å²) >= 11 is 0. The third-order valence-corrected chi connectivity index (χ3v) is 3.69. The zero-order valence-corrected chi connectivity index (χ0v) is 18.3. The van der Waals surface area contributed by atoms with E-state index < -0.39 is 0 Å². The Hall–Kier alpha value is -1.42. The summed E-state index contributed by atoms with van der Waals surface area (Å²) < 4.78 is 7.60. The molecule has 0 bridgehead atoms. The fraction of sp³-hybridized carbons (Fsp3) is 0.611. The van der Waals surface area contributed by atoms with Gasteiger partial charge in [0, 0.05) is 46.0 Å². The maximum Gasteiger partial charge on any atom is 0.190 e. The Balaban J connectivity index is 0.00000338. The molecular formula is C18H31IN6O. The predicted octanol–water partition coefficient (Wildman–Crippen LogP) is 2.51. The maximum absolute atomic E-state index is 5.57. The highest BCUT2D eigenvalue weighted by Crippen LogP contribution is 2.04. The highest BCUT2D eigenvalue weighted by Gasteiger charge is 2.04. The molecule has 0 radical (unpaired) electrons. The van der Waals surface area contributed by atoms with Gasteiger partial charge in [-0.1, -0.05) is 19.9 Å². The first kappa shape index (κ1) is 22.6. The summed E-state index contributed by atoms with van der Waals surface area (Å²) in [6.45, 7) is 7.61. The monoisotopic (exact) mass is 474 g/mol. The van der Waals surface area contributed by atoms with Crippen molar-refractivity contribution >= 4 is 35.6 Å². The van der Waals surface area contributed by atoms with Gasteiger partial charge in [0.15, 0.2) is 11.6 Å². The number of fused-ring (bicyclic) bond motifs is 1. The van der Waals surface area contributed by atoms with Crippen LogP contribution >= 0.6 is 24.0 Å². The van der Waals surface area contributed by atoms with Crippen LogP contribution in [0, 0.1) is 5.92 Å². The molecule has 0 aliphatic rings. The first-order valence-corrected chi connectivity index (χ1v) is 9.01. The largest absolute Gasteiger partial charge is 0.381 e. The first-order valence-electron chi connectivity index (χ1n) is 9.01. The van der Waals surface area contributed by atoms with Crippen molar-refractivity contribution in [2.75, 3.05) is 33.4 Å². The van der Waals surface area contributed by atoms with E-state index in [4.69, 9.17) is 4.74 Å². The van der Waals surface area contributed by atoms with Gasteiger partial charge in [-0.3, -0.25) is 9.39 Å². The molecule has 2 aromatic heterocycles. The summed E-state index contributed by atoms with van der Waals surface area (Å²) in [7, 11) is 1.79. The van der Waals surface area contributed by atoms with Gasteiger partial charge in [0.05, 0.1) is 0 Å². The summed E-state index contributed by atoms with van der Waals surface area (Å²) in [6, 6.07) is 5.93. The minimum atomic E-state index is 0. The molecule has 2 N–H and O–H groups in total. The van der Waals surface area contributed by atoms with E-state index in [1.165, 1.54) is 0 Å². The highest BCUT2D eigenvalue weighted by atomic mass is 127. The molecule has 2 heterocycles. The summed E-state index contributed by atoms with van der Waals surface area (Å²) in [5, 5.41) is 15.1. The zero-order chi connectivity index (χ0) is 17.9. The van der Waals surface area contributed by atoms with E-state index in [0.29, 0.717) is 5.92 Å². The Morgan fingerprint density at radius 1 is 1.19 bits per heavy atom. The average Bonchev–Trinajstić information content (AvgIpc) is 3.02. The Morgan fingerprint density at radius 2 is 1.96 bits per heavy atom. The van der Waals surface area contributed by atoms with E-state index >= 15 is 0 Å². The number of hydrogen-bond donors (Lipinski definition) is 2. The Bertz CT molecular complexity index is 658. The van der Waals surface area contributed by atoms with Gasteiger partial charge in [-0.25, -0.2) is 0 Å². The molecule has 0 saturated carbocycles. The van der Waals surface area contributed by atoms with Crippen molar-refractivity contribution in [2.45, 2.75) is 33.1 Å². The number of halogens is 1. The second-order valence-electron chi connectivity index (χ2n) is 6.40. The topological polar surface area (TPSA) is 75.8 Å². The number of hydrogen-bond acceptors (Lipinski definition) is 4. The van der Waals surface area contributed by atoms with Gasteiger partial charge in [-0.2, -0.15) is 0 Å². The second-order valence-corrected chi connectivity index (χ2v) is 6.40. The van der Waals surface area contributed by atoms with Crippen molar-refractivity contribution in [2.24, 2.45) is 10.9 Å². The highest BCUT2D eigenvalue weighted by molar-refractivity contribution is 14.0. The van der Waals surface area contributed by atoms with Crippen molar-refractivity contribution in [3.8, 4) is 0 Å². The van der Waals surface area contributed by atoms with E-state index in [2.05, 4.69) is 39.7 Å². The van der Waals surface area contributed by atoms with Crippen LogP contribution in [0.3, 0.4) is 0 Å². The molecule has 0 unspecified atom stereocenters. The van der Waals surface area contributed by atoms with E-state index in [1.807, 2.05) is 28.8 Å². The van der Waals surface area contributed by atoms with Crippen molar-refractivity contribution < 1.29 is 4.74 Å². The molecule has 7 nitrogen and oxygen atoms in total. The molecule has 0 spiro atoms. The molecule has 0 amide bonds. The normalized spacial score (nSPS) is 11.6. The number of rotatable bonds is 10.